The maximum absolute atomic E-state index is 12.8. The molecule has 1 aromatic carbocycles. The summed E-state index contributed by atoms with van der Waals surface area (Å²) in [6.45, 7) is 6.77. The smallest absolute Gasteiger partial charge is 0.325 e. The van der Waals surface area contributed by atoms with Gasteiger partial charge in [-0.25, -0.2) is 4.39 Å². The van der Waals surface area contributed by atoms with Crippen LogP contribution in [0.15, 0.2) is 24.3 Å². The minimum absolute atomic E-state index is 0.00520. The molecular weight excluding hydrogens is 315 g/mol. The van der Waals surface area contributed by atoms with Gasteiger partial charge in [0.15, 0.2) is 6.61 Å². The summed E-state index contributed by atoms with van der Waals surface area (Å²) in [6, 6.07) is 4.91. The van der Waals surface area contributed by atoms with Gasteiger partial charge in [-0.1, -0.05) is 0 Å². The topological polar surface area (TPSA) is 75.7 Å². The van der Waals surface area contributed by atoms with E-state index in [9.17, 15) is 18.8 Å². The third-order valence-corrected chi connectivity index (χ3v) is 3.26. The number of hydrogen-bond acceptors (Lipinski definition) is 4. The van der Waals surface area contributed by atoms with Crippen LogP contribution in [0, 0.1) is 5.82 Å². The van der Waals surface area contributed by atoms with Crippen LogP contribution in [0.4, 0.5) is 4.39 Å². The van der Waals surface area contributed by atoms with E-state index >= 15 is 0 Å². The van der Waals surface area contributed by atoms with E-state index in [0.717, 1.165) is 12.1 Å². The molecule has 7 heteroatoms. The van der Waals surface area contributed by atoms with Gasteiger partial charge in [0.1, 0.15) is 12.4 Å². The van der Waals surface area contributed by atoms with Crippen LogP contribution >= 0.6 is 0 Å². The quantitative estimate of drug-likeness (QED) is 0.769. The molecular formula is C17H23FN2O4. The fourth-order valence-electron chi connectivity index (χ4n) is 2.30. The normalized spacial score (nSPS) is 10.6. The van der Waals surface area contributed by atoms with Crippen molar-refractivity contribution in [2.75, 3.05) is 13.2 Å². The zero-order valence-electron chi connectivity index (χ0n) is 14.3. The lowest BCUT2D eigenvalue weighted by molar-refractivity contribution is -0.152. The highest BCUT2D eigenvalue weighted by atomic mass is 19.1. The predicted octanol–water partition coefficient (Wildman–Crippen LogP) is 1.74. The van der Waals surface area contributed by atoms with Gasteiger partial charge in [-0.3, -0.25) is 14.4 Å². The zero-order chi connectivity index (χ0) is 18.3. The van der Waals surface area contributed by atoms with E-state index in [1.54, 1.807) is 4.90 Å². The molecule has 0 saturated carbocycles. The van der Waals surface area contributed by atoms with Gasteiger partial charge in [-0.05, 0) is 52.0 Å². The van der Waals surface area contributed by atoms with Crippen molar-refractivity contribution < 1.29 is 23.5 Å². The van der Waals surface area contributed by atoms with Crippen LogP contribution in [0.5, 0.6) is 0 Å². The maximum Gasteiger partial charge on any atom is 0.325 e. The Morgan fingerprint density at radius 1 is 1.08 bits per heavy atom. The van der Waals surface area contributed by atoms with E-state index in [1.807, 2.05) is 27.7 Å². The van der Waals surface area contributed by atoms with Crippen molar-refractivity contribution in [3.05, 3.63) is 35.6 Å². The molecule has 0 bridgehead atoms. The standard InChI is InChI=1S/C17H23FN2O4/c1-11(2)20(12(3)4)15(21)10-24-16(22)9-19-17(23)13-5-7-14(18)8-6-13/h5-8,11-12H,9-10H2,1-4H3,(H,19,23). The van der Waals surface area contributed by atoms with Crippen molar-refractivity contribution in [2.45, 2.75) is 39.8 Å². The van der Waals surface area contributed by atoms with Gasteiger partial charge in [0.2, 0.25) is 0 Å². The second-order valence-electron chi connectivity index (χ2n) is 5.84. The molecule has 0 aliphatic carbocycles. The molecule has 0 heterocycles. The third kappa shape index (κ3) is 5.98. The SMILES string of the molecule is CC(C)N(C(=O)COC(=O)CNC(=O)c1ccc(F)cc1)C(C)C. The van der Waals surface area contributed by atoms with Crippen LogP contribution in [-0.2, 0) is 14.3 Å². The molecule has 1 N–H and O–H groups in total. The molecule has 0 aromatic heterocycles. The number of carbonyl (C=O) groups is 3. The molecule has 0 saturated heterocycles. The average molecular weight is 338 g/mol. The summed E-state index contributed by atoms with van der Waals surface area (Å²) in [6.07, 6.45) is 0. The molecule has 0 unspecified atom stereocenters. The van der Waals surface area contributed by atoms with Gasteiger partial charge in [0, 0.05) is 17.6 Å². The van der Waals surface area contributed by atoms with E-state index in [2.05, 4.69) is 5.32 Å². The molecule has 1 rings (SSSR count). The first-order valence-corrected chi connectivity index (χ1v) is 7.73. The first-order chi connectivity index (χ1) is 11.2. The number of amides is 2. The van der Waals surface area contributed by atoms with Gasteiger partial charge in [0.25, 0.3) is 11.8 Å². The minimum atomic E-state index is -0.716. The van der Waals surface area contributed by atoms with Crippen LogP contribution in [0.1, 0.15) is 38.1 Å². The molecule has 132 valence electrons. The van der Waals surface area contributed by atoms with Crippen LogP contribution in [0.25, 0.3) is 0 Å². The zero-order valence-corrected chi connectivity index (χ0v) is 14.3. The Morgan fingerprint density at radius 3 is 2.12 bits per heavy atom. The molecule has 6 nitrogen and oxygen atoms in total. The Balaban J connectivity index is 2.42. The number of halogens is 1. The van der Waals surface area contributed by atoms with E-state index in [1.165, 1.54) is 12.1 Å². The van der Waals surface area contributed by atoms with Crippen LogP contribution in [-0.4, -0.2) is 47.9 Å². The van der Waals surface area contributed by atoms with E-state index < -0.39 is 17.7 Å². The lowest BCUT2D eigenvalue weighted by Gasteiger charge is -2.30. The highest BCUT2D eigenvalue weighted by Gasteiger charge is 2.21. The second kappa shape index (κ2) is 9.00. The summed E-state index contributed by atoms with van der Waals surface area (Å²) in [7, 11) is 0. The van der Waals surface area contributed by atoms with Crippen LogP contribution in [0.2, 0.25) is 0 Å². The number of esters is 1. The number of hydrogen-bond donors (Lipinski definition) is 1. The highest BCUT2D eigenvalue weighted by Crippen LogP contribution is 2.06. The number of benzene rings is 1. The highest BCUT2D eigenvalue weighted by molar-refractivity contribution is 5.96. The largest absolute Gasteiger partial charge is 0.454 e. The average Bonchev–Trinajstić information content (AvgIpc) is 2.50. The number of nitrogens with one attached hydrogen (secondary N) is 1. The summed E-state index contributed by atoms with van der Waals surface area (Å²) in [4.78, 5) is 37.1. The van der Waals surface area contributed by atoms with Gasteiger partial charge in [-0.15, -0.1) is 0 Å². The van der Waals surface area contributed by atoms with Gasteiger partial charge in [0.05, 0.1) is 0 Å². The predicted molar refractivity (Wildman–Crippen MR) is 86.8 cm³/mol. The number of nitrogens with zero attached hydrogens (tertiary/aromatic N) is 1. The van der Waals surface area contributed by atoms with Crippen LogP contribution in [0.3, 0.4) is 0 Å². The molecule has 2 amide bonds. The molecule has 0 spiro atoms. The Labute approximate surface area is 141 Å². The lowest BCUT2D eigenvalue weighted by Crippen LogP contribution is -2.44. The Hall–Kier alpha value is -2.44. The molecule has 0 aliphatic rings. The molecule has 0 atom stereocenters. The Bertz CT molecular complexity index is 577. The number of rotatable bonds is 7. The van der Waals surface area contributed by atoms with Gasteiger partial charge >= 0.3 is 5.97 Å². The Morgan fingerprint density at radius 2 is 1.62 bits per heavy atom. The van der Waals surface area contributed by atoms with Crippen molar-refractivity contribution in [3.63, 3.8) is 0 Å². The van der Waals surface area contributed by atoms with E-state index in [4.69, 9.17) is 4.74 Å². The maximum atomic E-state index is 12.8. The summed E-state index contributed by atoms with van der Waals surface area (Å²) < 4.78 is 17.7. The molecule has 0 fully saturated rings. The van der Waals surface area contributed by atoms with Crippen molar-refractivity contribution in [1.82, 2.24) is 10.2 Å². The lowest BCUT2D eigenvalue weighted by atomic mass is 10.2. The first-order valence-electron chi connectivity index (χ1n) is 7.73. The van der Waals surface area contributed by atoms with Gasteiger partial charge in [-0.2, -0.15) is 0 Å². The fraction of sp³-hybridized carbons (Fsp3) is 0.471. The van der Waals surface area contributed by atoms with Crippen molar-refractivity contribution in [3.8, 4) is 0 Å². The number of carbonyl (C=O) groups excluding carboxylic acids is 3. The molecule has 1 aromatic rings. The molecule has 0 aliphatic heterocycles. The minimum Gasteiger partial charge on any atom is -0.454 e. The monoisotopic (exact) mass is 338 g/mol. The van der Waals surface area contributed by atoms with Crippen molar-refractivity contribution in [2.24, 2.45) is 0 Å². The molecule has 24 heavy (non-hydrogen) atoms. The van der Waals surface area contributed by atoms with E-state index in [-0.39, 0.29) is 36.7 Å². The van der Waals surface area contributed by atoms with Crippen molar-refractivity contribution >= 4 is 17.8 Å². The van der Waals surface area contributed by atoms with Crippen molar-refractivity contribution in [1.29, 1.82) is 0 Å². The summed E-state index contributed by atoms with van der Waals surface area (Å²) in [5, 5.41) is 2.36. The van der Waals surface area contributed by atoms with E-state index in [0.29, 0.717) is 0 Å². The Kier molecular flexibility index (Phi) is 7.35. The van der Waals surface area contributed by atoms with Crippen LogP contribution < -0.4 is 5.32 Å². The number of ether oxygens (including phenoxy) is 1. The summed E-state index contributed by atoms with van der Waals surface area (Å²) in [5.74, 6) is -1.99. The third-order valence-electron chi connectivity index (χ3n) is 3.26. The summed E-state index contributed by atoms with van der Waals surface area (Å²) in [5.41, 5.74) is 0.228. The molecule has 0 radical (unpaired) electrons. The van der Waals surface area contributed by atoms with Gasteiger partial charge < -0.3 is 15.0 Å². The first kappa shape index (κ1) is 19.6. The summed E-state index contributed by atoms with van der Waals surface area (Å²) >= 11 is 0. The second-order valence-corrected chi connectivity index (χ2v) is 5.84. The fourth-order valence-corrected chi connectivity index (χ4v) is 2.30.